The molecule has 0 spiro atoms. The van der Waals surface area contributed by atoms with E-state index in [1.165, 1.54) is 6.42 Å². The average molecular weight is 395 g/mol. The number of amides is 2. The van der Waals surface area contributed by atoms with Crippen molar-refractivity contribution < 1.29 is 9.59 Å². The highest BCUT2D eigenvalue weighted by Gasteiger charge is 2.28. The largest absolute Gasteiger partial charge is 0.359 e. The molecule has 0 radical (unpaired) electrons. The van der Waals surface area contributed by atoms with Gasteiger partial charge in [-0.15, -0.1) is 0 Å². The summed E-state index contributed by atoms with van der Waals surface area (Å²) in [5.74, 6) is 1.11. The monoisotopic (exact) mass is 394 g/mol. The van der Waals surface area contributed by atoms with Gasteiger partial charge < -0.3 is 20.4 Å². The van der Waals surface area contributed by atoms with Gasteiger partial charge >= 0.3 is 0 Å². The first-order valence-corrected chi connectivity index (χ1v) is 10.6. The highest BCUT2D eigenvalue weighted by Crippen LogP contribution is 2.16. The third-order valence-electron chi connectivity index (χ3n) is 5.54. The van der Waals surface area contributed by atoms with Crippen molar-refractivity contribution >= 4 is 17.8 Å². The maximum atomic E-state index is 12.5. The van der Waals surface area contributed by atoms with Crippen LogP contribution in [0.5, 0.6) is 0 Å². The van der Waals surface area contributed by atoms with Gasteiger partial charge in [-0.05, 0) is 40.0 Å². The van der Waals surface area contributed by atoms with Crippen molar-refractivity contribution in [2.45, 2.75) is 40.0 Å². The summed E-state index contributed by atoms with van der Waals surface area (Å²) < 4.78 is 0. The standard InChI is InChI=1S/C20H38N6O2/c1-5-22-19(23-16-20(2,3)18(28)21-4)26-13-11-24(12-14-26)15-17(27)25-9-7-6-8-10-25/h5-16H2,1-4H3,(H,21,28)(H,22,23). The minimum absolute atomic E-state index is 0.00635. The van der Waals surface area contributed by atoms with Gasteiger partial charge in [0.1, 0.15) is 0 Å². The molecule has 0 aromatic carbocycles. The molecule has 160 valence electrons. The summed E-state index contributed by atoms with van der Waals surface area (Å²) in [6.07, 6.45) is 3.51. The van der Waals surface area contributed by atoms with E-state index in [0.717, 1.165) is 64.6 Å². The van der Waals surface area contributed by atoms with Gasteiger partial charge in [0.2, 0.25) is 11.8 Å². The summed E-state index contributed by atoms with van der Waals surface area (Å²) in [6.45, 7) is 12.8. The number of carbonyl (C=O) groups excluding carboxylic acids is 2. The van der Waals surface area contributed by atoms with Gasteiger partial charge in [-0.3, -0.25) is 19.5 Å². The number of carbonyl (C=O) groups is 2. The number of nitrogens with zero attached hydrogens (tertiary/aromatic N) is 4. The van der Waals surface area contributed by atoms with E-state index in [1.54, 1.807) is 7.05 Å². The van der Waals surface area contributed by atoms with E-state index in [0.29, 0.717) is 13.1 Å². The third-order valence-corrected chi connectivity index (χ3v) is 5.54. The van der Waals surface area contributed by atoms with E-state index in [9.17, 15) is 9.59 Å². The quantitative estimate of drug-likeness (QED) is 0.502. The Kier molecular flexibility index (Phi) is 8.54. The number of hydrogen-bond acceptors (Lipinski definition) is 4. The lowest BCUT2D eigenvalue weighted by atomic mass is 9.93. The highest BCUT2D eigenvalue weighted by atomic mass is 16.2. The fourth-order valence-electron chi connectivity index (χ4n) is 3.66. The first-order chi connectivity index (χ1) is 13.4. The fraction of sp³-hybridized carbons (Fsp3) is 0.850. The Bertz CT molecular complexity index is 549. The molecule has 2 heterocycles. The minimum Gasteiger partial charge on any atom is -0.359 e. The SMILES string of the molecule is CCNC(=NCC(C)(C)C(=O)NC)N1CCN(CC(=O)N2CCCCC2)CC1. The molecule has 0 aliphatic carbocycles. The Morgan fingerprint density at radius 2 is 1.61 bits per heavy atom. The highest BCUT2D eigenvalue weighted by molar-refractivity contribution is 5.83. The van der Waals surface area contributed by atoms with Crippen molar-refractivity contribution in [3.8, 4) is 0 Å². The Morgan fingerprint density at radius 1 is 0.964 bits per heavy atom. The molecule has 8 heteroatoms. The number of rotatable bonds is 6. The second-order valence-electron chi connectivity index (χ2n) is 8.34. The summed E-state index contributed by atoms with van der Waals surface area (Å²) in [7, 11) is 1.66. The van der Waals surface area contributed by atoms with Crippen LogP contribution in [-0.2, 0) is 9.59 Å². The maximum absolute atomic E-state index is 12.5. The van der Waals surface area contributed by atoms with E-state index in [-0.39, 0.29) is 11.8 Å². The Hall–Kier alpha value is -1.83. The van der Waals surface area contributed by atoms with Gasteiger partial charge in [0.15, 0.2) is 5.96 Å². The van der Waals surface area contributed by atoms with Crippen molar-refractivity contribution in [2.75, 3.05) is 66.0 Å². The van der Waals surface area contributed by atoms with Crippen LogP contribution < -0.4 is 10.6 Å². The normalized spacial score (nSPS) is 19.5. The summed E-state index contributed by atoms with van der Waals surface area (Å²) in [5, 5.41) is 6.05. The lowest BCUT2D eigenvalue weighted by molar-refractivity contribution is -0.133. The molecule has 2 N–H and O–H groups in total. The number of nitrogens with one attached hydrogen (secondary N) is 2. The van der Waals surface area contributed by atoms with Crippen LogP contribution in [0, 0.1) is 5.41 Å². The Balaban J connectivity index is 1.86. The van der Waals surface area contributed by atoms with Crippen molar-refractivity contribution in [3.05, 3.63) is 0 Å². The van der Waals surface area contributed by atoms with Crippen molar-refractivity contribution in [1.29, 1.82) is 0 Å². The van der Waals surface area contributed by atoms with E-state index in [4.69, 9.17) is 4.99 Å². The number of aliphatic imine (C=N–C) groups is 1. The van der Waals surface area contributed by atoms with Crippen molar-refractivity contribution in [3.63, 3.8) is 0 Å². The molecule has 2 fully saturated rings. The number of likely N-dealkylation sites (tertiary alicyclic amines) is 1. The fourth-order valence-corrected chi connectivity index (χ4v) is 3.66. The van der Waals surface area contributed by atoms with Crippen LogP contribution in [0.2, 0.25) is 0 Å². The Morgan fingerprint density at radius 3 is 2.18 bits per heavy atom. The molecule has 0 aromatic rings. The number of piperidine rings is 1. The van der Waals surface area contributed by atoms with Gasteiger partial charge in [0.25, 0.3) is 0 Å². The van der Waals surface area contributed by atoms with Crippen molar-refractivity contribution in [1.82, 2.24) is 25.3 Å². The molecule has 0 bridgehead atoms. The predicted molar refractivity (Wildman–Crippen MR) is 112 cm³/mol. The van der Waals surface area contributed by atoms with Crippen LogP contribution in [-0.4, -0.2) is 98.4 Å². The van der Waals surface area contributed by atoms with Crippen LogP contribution in [0.4, 0.5) is 0 Å². The number of hydrogen-bond donors (Lipinski definition) is 2. The van der Waals surface area contributed by atoms with E-state index < -0.39 is 5.41 Å². The molecule has 2 amide bonds. The maximum Gasteiger partial charge on any atom is 0.236 e. The summed E-state index contributed by atoms with van der Waals surface area (Å²) in [6, 6.07) is 0. The average Bonchev–Trinajstić information content (AvgIpc) is 2.71. The first-order valence-electron chi connectivity index (χ1n) is 10.6. The van der Waals surface area contributed by atoms with Crippen LogP contribution in [0.15, 0.2) is 4.99 Å². The number of guanidine groups is 1. The first kappa shape index (κ1) is 22.5. The van der Waals surface area contributed by atoms with Crippen molar-refractivity contribution in [2.24, 2.45) is 10.4 Å². The van der Waals surface area contributed by atoms with Gasteiger partial charge in [-0.25, -0.2) is 0 Å². The molecule has 2 aliphatic heterocycles. The van der Waals surface area contributed by atoms with E-state index in [2.05, 4.69) is 20.4 Å². The van der Waals surface area contributed by atoms with Crippen LogP contribution in [0.3, 0.4) is 0 Å². The lowest BCUT2D eigenvalue weighted by Crippen LogP contribution is -2.54. The summed E-state index contributed by atoms with van der Waals surface area (Å²) >= 11 is 0. The third kappa shape index (κ3) is 6.36. The molecule has 0 atom stereocenters. The van der Waals surface area contributed by atoms with Gasteiger partial charge in [0.05, 0.1) is 18.5 Å². The lowest BCUT2D eigenvalue weighted by Gasteiger charge is -2.37. The van der Waals surface area contributed by atoms with Crippen LogP contribution >= 0.6 is 0 Å². The smallest absolute Gasteiger partial charge is 0.236 e. The molecule has 0 unspecified atom stereocenters. The zero-order chi connectivity index (χ0) is 20.6. The number of piperazine rings is 1. The molecule has 2 aliphatic rings. The zero-order valence-electron chi connectivity index (χ0n) is 18.1. The minimum atomic E-state index is -0.544. The van der Waals surface area contributed by atoms with Gasteiger partial charge in [-0.1, -0.05) is 0 Å². The van der Waals surface area contributed by atoms with E-state index >= 15 is 0 Å². The topological polar surface area (TPSA) is 80.3 Å². The molecule has 2 saturated heterocycles. The predicted octanol–water partition coefficient (Wildman–Crippen LogP) is 0.354. The zero-order valence-corrected chi connectivity index (χ0v) is 18.1. The molecular formula is C20H38N6O2. The summed E-state index contributed by atoms with van der Waals surface area (Å²) in [5.41, 5.74) is -0.544. The molecule has 2 rings (SSSR count). The van der Waals surface area contributed by atoms with Crippen LogP contribution in [0.25, 0.3) is 0 Å². The van der Waals surface area contributed by atoms with Gasteiger partial charge in [0, 0.05) is 52.9 Å². The van der Waals surface area contributed by atoms with E-state index in [1.807, 2.05) is 25.7 Å². The molecular weight excluding hydrogens is 356 g/mol. The Labute approximate surface area is 169 Å². The molecule has 8 nitrogen and oxygen atoms in total. The summed E-state index contributed by atoms with van der Waals surface area (Å²) in [4.78, 5) is 35.7. The molecule has 28 heavy (non-hydrogen) atoms. The molecule has 0 aromatic heterocycles. The van der Waals surface area contributed by atoms with Gasteiger partial charge in [-0.2, -0.15) is 0 Å². The second-order valence-corrected chi connectivity index (χ2v) is 8.34. The second kappa shape index (κ2) is 10.6. The van der Waals surface area contributed by atoms with Crippen LogP contribution in [0.1, 0.15) is 40.0 Å². The molecule has 0 saturated carbocycles.